The van der Waals surface area contributed by atoms with E-state index in [1.165, 1.54) is 12.1 Å². The second-order valence-electron chi connectivity index (χ2n) is 6.51. The van der Waals surface area contributed by atoms with Crippen LogP contribution in [0.3, 0.4) is 0 Å². The van der Waals surface area contributed by atoms with Crippen molar-refractivity contribution in [1.29, 1.82) is 0 Å². The third-order valence-corrected chi connectivity index (χ3v) is 4.75. The van der Waals surface area contributed by atoms with Crippen LogP contribution in [0, 0.1) is 0 Å². The van der Waals surface area contributed by atoms with Gasteiger partial charge in [-0.15, -0.1) is 0 Å². The Kier molecular flexibility index (Phi) is 4.59. The van der Waals surface area contributed by atoms with Gasteiger partial charge in [0.05, 0.1) is 18.6 Å². The molecule has 3 aromatic carbocycles. The Hall–Kier alpha value is -3.21. The van der Waals surface area contributed by atoms with Crippen LogP contribution in [0.5, 0.6) is 5.75 Å². The van der Waals surface area contributed by atoms with E-state index in [0.29, 0.717) is 11.5 Å². The molecule has 4 aromatic rings. The molecule has 0 saturated heterocycles. The predicted molar refractivity (Wildman–Crippen MR) is 102 cm³/mol. The highest BCUT2D eigenvalue weighted by Crippen LogP contribution is 2.37. The van der Waals surface area contributed by atoms with Crippen LogP contribution in [0.15, 0.2) is 83.3 Å². The number of hydrogen-bond acceptors (Lipinski definition) is 2. The summed E-state index contributed by atoms with van der Waals surface area (Å²) in [5.41, 5.74) is 1.69. The second kappa shape index (κ2) is 7.08. The molecular weight excluding hydrogens is 365 g/mol. The van der Waals surface area contributed by atoms with E-state index in [-0.39, 0.29) is 5.92 Å². The van der Waals surface area contributed by atoms with Crippen molar-refractivity contribution in [3.8, 4) is 5.75 Å². The highest BCUT2D eigenvalue weighted by atomic mass is 19.4. The molecule has 28 heavy (non-hydrogen) atoms. The summed E-state index contributed by atoms with van der Waals surface area (Å²) in [6, 6.07) is 22.2. The van der Waals surface area contributed by atoms with Crippen LogP contribution in [-0.2, 0) is 6.18 Å². The highest BCUT2D eigenvalue weighted by molar-refractivity contribution is 5.78. The number of benzene rings is 3. The van der Waals surface area contributed by atoms with Crippen LogP contribution in [0.2, 0.25) is 0 Å². The number of halogens is 3. The molecule has 0 amide bonds. The zero-order valence-electron chi connectivity index (χ0n) is 15.0. The standard InChI is InChI=1S/C23H17F3O2/c1-27-19-12-8-16(9-13-19)22(15-6-10-18(11-7-15)23(24,25)26)21-14-17-4-2-3-5-20(17)28-21/h2-14,22H,1H3. The van der Waals surface area contributed by atoms with Gasteiger partial charge in [0, 0.05) is 5.39 Å². The van der Waals surface area contributed by atoms with E-state index < -0.39 is 11.7 Å². The van der Waals surface area contributed by atoms with Gasteiger partial charge in [0.15, 0.2) is 0 Å². The Balaban J connectivity index is 1.83. The van der Waals surface area contributed by atoms with Crippen molar-refractivity contribution in [2.24, 2.45) is 0 Å². The fraction of sp³-hybridized carbons (Fsp3) is 0.130. The smallest absolute Gasteiger partial charge is 0.416 e. The molecule has 142 valence electrons. The van der Waals surface area contributed by atoms with E-state index in [1.54, 1.807) is 7.11 Å². The molecule has 1 aromatic heterocycles. The van der Waals surface area contributed by atoms with Crippen LogP contribution >= 0.6 is 0 Å². The van der Waals surface area contributed by atoms with Crippen LogP contribution in [-0.4, -0.2) is 7.11 Å². The topological polar surface area (TPSA) is 22.4 Å². The Morgan fingerprint density at radius 1 is 0.821 bits per heavy atom. The number of rotatable bonds is 4. The summed E-state index contributed by atoms with van der Waals surface area (Å²) in [7, 11) is 1.58. The van der Waals surface area contributed by atoms with Gasteiger partial charge in [0.2, 0.25) is 0 Å². The van der Waals surface area contributed by atoms with Crippen molar-refractivity contribution in [1.82, 2.24) is 0 Å². The molecule has 0 radical (unpaired) electrons. The number of furan rings is 1. The van der Waals surface area contributed by atoms with E-state index in [2.05, 4.69) is 0 Å². The zero-order valence-corrected chi connectivity index (χ0v) is 15.0. The van der Waals surface area contributed by atoms with Gasteiger partial charge in [0.1, 0.15) is 17.1 Å². The molecule has 0 aliphatic heterocycles. The van der Waals surface area contributed by atoms with Gasteiger partial charge in [-0.05, 0) is 47.5 Å². The van der Waals surface area contributed by atoms with Gasteiger partial charge < -0.3 is 9.15 Å². The Bertz CT molecular complexity index is 1040. The number of alkyl halides is 3. The third-order valence-electron chi connectivity index (χ3n) is 4.75. The van der Waals surface area contributed by atoms with E-state index in [9.17, 15) is 13.2 Å². The SMILES string of the molecule is COc1ccc(C(c2ccc(C(F)(F)F)cc2)c2cc3ccccc3o2)cc1. The quantitative estimate of drug-likeness (QED) is 0.395. The lowest BCUT2D eigenvalue weighted by molar-refractivity contribution is -0.137. The minimum absolute atomic E-state index is 0.333. The normalized spacial score (nSPS) is 12.9. The summed E-state index contributed by atoms with van der Waals surface area (Å²) < 4.78 is 50.1. The van der Waals surface area contributed by atoms with Gasteiger partial charge in [-0.25, -0.2) is 0 Å². The zero-order chi connectivity index (χ0) is 19.7. The number of fused-ring (bicyclic) bond motifs is 1. The molecular formula is C23H17F3O2. The number of hydrogen-bond donors (Lipinski definition) is 0. The summed E-state index contributed by atoms with van der Waals surface area (Å²) in [4.78, 5) is 0. The summed E-state index contributed by atoms with van der Waals surface area (Å²) >= 11 is 0. The maximum absolute atomic E-state index is 13.0. The molecule has 2 nitrogen and oxygen atoms in total. The van der Waals surface area contributed by atoms with Gasteiger partial charge in [0.25, 0.3) is 0 Å². The summed E-state index contributed by atoms with van der Waals surface area (Å²) in [5.74, 6) is 1.05. The third kappa shape index (κ3) is 3.48. The molecule has 0 aliphatic rings. The first-order chi connectivity index (χ1) is 13.5. The molecule has 0 spiro atoms. The lowest BCUT2D eigenvalue weighted by Gasteiger charge is -2.17. The van der Waals surface area contributed by atoms with E-state index in [1.807, 2.05) is 54.6 Å². The molecule has 1 atom stereocenters. The van der Waals surface area contributed by atoms with Crippen LogP contribution < -0.4 is 4.74 Å². The summed E-state index contributed by atoms with van der Waals surface area (Å²) in [6.45, 7) is 0. The van der Waals surface area contributed by atoms with E-state index in [0.717, 1.165) is 34.2 Å². The second-order valence-corrected chi connectivity index (χ2v) is 6.51. The average Bonchev–Trinajstić information content (AvgIpc) is 3.12. The van der Waals surface area contributed by atoms with Gasteiger partial charge in [-0.2, -0.15) is 13.2 Å². The molecule has 0 aliphatic carbocycles. The first kappa shape index (κ1) is 18.2. The molecule has 1 heterocycles. The Morgan fingerprint density at radius 2 is 1.43 bits per heavy atom. The molecule has 4 rings (SSSR count). The first-order valence-corrected chi connectivity index (χ1v) is 8.75. The Morgan fingerprint density at radius 3 is 2.00 bits per heavy atom. The lowest BCUT2D eigenvalue weighted by Crippen LogP contribution is -2.07. The predicted octanol–water partition coefficient (Wildman–Crippen LogP) is 6.64. The van der Waals surface area contributed by atoms with Gasteiger partial charge in [-0.1, -0.05) is 42.5 Å². The van der Waals surface area contributed by atoms with Crippen molar-refractivity contribution in [2.45, 2.75) is 12.1 Å². The number of para-hydroxylation sites is 1. The fourth-order valence-electron chi connectivity index (χ4n) is 3.33. The average molecular weight is 382 g/mol. The van der Waals surface area contributed by atoms with Gasteiger partial charge in [-0.3, -0.25) is 0 Å². The fourth-order valence-corrected chi connectivity index (χ4v) is 3.33. The molecule has 5 heteroatoms. The molecule has 0 saturated carbocycles. The van der Waals surface area contributed by atoms with Crippen molar-refractivity contribution < 1.29 is 22.3 Å². The Labute approximate surface area is 160 Å². The maximum atomic E-state index is 13.0. The van der Waals surface area contributed by atoms with Crippen LogP contribution in [0.25, 0.3) is 11.0 Å². The highest BCUT2D eigenvalue weighted by Gasteiger charge is 2.31. The van der Waals surface area contributed by atoms with Crippen molar-refractivity contribution in [3.05, 3.63) is 101 Å². The van der Waals surface area contributed by atoms with Crippen molar-refractivity contribution in [3.63, 3.8) is 0 Å². The van der Waals surface area contributed by atoms with Gasteiger partial charge >= 0.3 is 6.18 Å². The maximum Gasteiger partial charge on any atom is 0.416 e. The van der Waals surface area contributed by atoms with Crippen molar-refractivity contribution >= 4 is 11.0 Å². The number of methoxy groups -OCH3 is 1. The van der Waals surface area contributed by atoms with Crippen molar-refractivity contribution in [2.75, 3.05) is 7.11 Å². The van der Waals surface area contributed by atoms with Crippen LogP contribution in [0.4, 0.5) is 13.2 Å². The summed E-state index contributed by atoms with van der Waals surface area (Å²) in [6.07, 6.45) is -4.37. The molecule has 0 fully saturated rings. The van der Waals surface area contributed by atoms with E-state index in [4.69, 9.17) is 9.15 Å². The first-order valence-electron chi connectivity index (χ1n) is 8.75. The molecule has 0 N–H and O–H groups in total. The van der Waals surface area contributed by atoms with Crippen LogP contribution in [0.1, 0.15) is 28.4 Å². The number of ether oxygens (including phenoxy) is 1. The van der Waals surface area contributed by atoms with E-state index >= 15 is 0 Å². The largest absolute Gasteiger partial charge is 0.497 e. The summed E-state index contributed by atoms with van der Waals surface area (Å²) in [5, 5.41) is 0.947. The monoisotopic (exact) mass is 382 g/mol. The minimum atomic E-state index is -4.37. The minimum Gasteiger partial charge on any atom is -0.497 e. The molecule has 1 unspecified atom stereocenters. The lowest BCUT2D eigenvalue weighted by atomic mass is 9.88. The molecule has 0 bridgehead atoms.